The smallest absolute Gasteiger partial charge is 0.305 e. The second kappa shape index (κ2) is 8.55. The van der Waals surface area contributed by atoms with Crippen LogP contribution in [0.2, 0.25) is 0 Å². The Bertz CT molecular complexity index is 1170. The van der Waals surface area contributed by atoms with E-state index in [0.29, 0.717) is 11.1 Å². The Kier molecular flexibility index (Phi) is 5.69. The van der Waals surface area contributed by atoms with Crippen LogP contribution in [0.25, 0.3) is 11.0 Å². The normalized spacial score (nSPS) is 10.8. The number of thioether (sulfide) groups is 1. The molecular weight excluding hydrogens is 404 g/mol. The van der Waals surface area contributed by atoms with E-state index in [1.54, 1.807) is 41.3 Å². The second-order valence-electron chi connectivity index (χ2n) is 6.38. The van der Waals surface area contributed by atoms with Gasteiger partial charge in [0, 0.05) is 21.6 Å². The lowest BCUT2D eigenvalue weighted by molar-refractivity contribution is 0.0830. The molecule has 0 saturated heterocycles. The van der Waals surface area contributed by atoms with Crippen molar-refractivity contribution in [3.63, 3.8) is 0 Å². The van der Waals surface area contributed by atoms with Crippen molar-refractivity contribution in [2.45, 2.75) is 17.6 Å². The number of carbonyl (C=O) groups is 2. The van der Waals surface area contributed by atoms with Gasteiger partial charge in [0.15, 0.2) is 5.76 Å². The molecule has 4 aromatic rings. The number of benzene rings is 2. The predicted molar refractivity (Wildman–Crippen MR) is 116 cm³/mol. The highest BCUT2D eigenvalue weighted by Gasteiger charge is 2.19. The molecule has 2 aromatic heterocycles. The van der Waals surface area contributed by atoms with E-state index in [0.717, 1.165) is 21.6 Å². The standard InChI is InChI=1S/C22H18N2O3S2/c1-14-16-6-2-4-8-18(16)27-20(14)22(26)24-23-21(25)17-7-3-5-9-19(17)29-13-15-10-11-28-12-15/h2-12H,13H2,1H3,(H,23,25)(H,24,26). The number of hydrazine groups is 1. The van der Waals surface area contributed by atoms with Crippen molar-refractivity contribution in [1.29, 1.82) is 0 Å². The third kappa shape index (κ3) is 4.21. The van der Waals surface area contributed by atoms with Crippen LogP contribution in [0.15, 0.2) is 74.7 Å². The zero-order valence-corrected chi connectivity index (χ0v) is 17.2. The predicted octanol–water partition coefficient (Wildman–Crippen LogP) is 5.17. The molecule has 0 bridgehead atoms. The first-order valence-electron chi connectivity index (χ1n) is 8.95. The number of para-hydroxylation sites is 1. The van der Waals surface area contributed by atoms with Gasteiger partial charge in [-0.15, -0.1) is 11.8 Å². The minimum atomic E-state index is -0.490. The van der Waals surface area contributed by atoms with Gasteiger partial charge in [0.2, 0.25) is 0 Å². The average Bonchev–Trinajstić information content (AvgIpc) is 3.39. The van der Waals surface area contributed by atoms with Crippen LogP contribution < -0.4 is 10.9 Å². The molecule has 2 N–H and O–H groups in total. The molecule has 146 valence electrons. The van der Waals surface area contributed by atoms with E-state index in [9.17, 15) is 9.59 Å². The summed E-state index contributed by atoms with van der Waals surface area (Å²) < 4.78 is 5.64. The molecule has 0 aliphatic heterocycles. The van der Waals surface area contributed by atoms with Crippen molar-refractivity contribution in [2.24, 2.45) is 0 Å². The summed E-state index contributed by atoms with van der Waals surface area (Å²) in [5, 5.41) is 4.99. The lowest BCUT2D eigenvalue weighted by Crippen LogP contribution is -2.41. The monoisotopic (exact) mass is 422 g/mol. The number of nitrogens with one attached hydrogen (secondary N) is 2. The van der Waals surface area contributed by atoms with Gasteiger partial charge in [0.05, 0.1) is 5.56 Å². The highest BCUT2D eigenvalue weighted by molar-refractivity contribution is 7.98. The Labute approximate surface area is 176 Å². The average molecular weight is 423 g/mol. The molecule has 0 aliphatic rings. The first kappa shape index (κ1) is 19.3. The van der Waals surface area contributed by atoms with Crippen LogP contribution in [0.1, 0.15) is 32.0 Å². The number of aryl methyl sites for hydroxylation is 1. The number of amides is 2. The summed E-state index contributed by atoms with van der Waals surface area (Å²) >= 11 is 3.23. The van der Waals surface area contributed by atoms with Gasteiger partial charge in [-0.05, 0) is 47.5 Å². The molecule has 0 spiro atoms. The first-order valence-corrected chi connectivity index (χ1v) is 10.9. The topological polar surface area (TPSA) is 71.3 Å². The van der Waals surface area contributed by atoms with Crippen molar-refractivity contribution in [1.82, 2.24) is 10.9 Å². The quantitative estimate of drug-likeness (QED) is 0.344. The van der Waals surface area contributed by atoms with Gasteiger partial charge < -0.3 is 4.42 Å². The maximum atomic E-state index is 12.7. The van der Waals surface area contributed by atoms with Crippen LogP contribution in [-0.2, 0) is 5.75 Å². The number of carbonyl (C=O) groups excluding carboxylic acids is 2. The van der Waals surface area contributed by atoms with Crippen molar-refractivity contribution in [3.05, 3.63) is 87.8 Å². The Morgan fingerprint density at radius 1 is 1.00 bits per heavy atom. The molecule has 2 amide bonds. The lowest BCUT2D eigenvalue weighted by atomic mass is 10.1. The zero-order chi connectivity index (χ0) is 20.2. The third-order valence-electron chi connectivity index (χ3n) is 4.45. The van der Waals surface area contributed by atoms with Crippen molar-refractivity contribution in [2.75, 3.05) is 0 Å². The van der Waals surface area contributed by atoms with E-state index in [2.05, 4.69) is 22.3 Å². The molecule has 0 atom stereocenters. The number of rotatable bonds is 5. The molecular formula is C22H18N2O3S2. The lowest BCUT2D eigenvalue weighted by Gasteiger charge is -2.10. The summed E-state index contributed by atoms with van der Waals surface area (Å²) in [6, 6.07) is 16.8. The van der Waals surface area contributed by atoms with Crippen molar-refractivity contribution in [3.8, 4) is 0 Å². The fraction of sp³-hybridized carbons (Fsp3) is 0.0909. The van der Waals surface area contributed by atoms with E-state index in [1.165, 1.54) is 5.56 Å². The largest absolute Gasteiger partial charge is 0.451 e. The fourth-order valence-corrected chi connectivity index (χ4v) is 4.71. The highest BCUT2D eigenvalue weighted by atomic mass is 32.2. The van der Waals surface area contributed by atoms with E-state index >= 15 is 0 Å². The van der Waals surface area contributed by atoms with Crippen LogP contribution in [0, 0.1) is 6.92 Å². The summed E-state index contributed by atoms with van der Waals surface area (Å²) in [5.41, 5.74) is 8.04. The molecule has 0 unspecified atom stereocenters. The van der Waals surface area contributed by atoms with Gasteiger partial charge in [-0.1, -0.05) is 30.3 Å². The molecule has 0 saturated carbocycles. The minimum Gasteiger partial charge on any atom is -0.451 e. The molecule has 4 rings (SSSR count). The number of hydrogen-bond donors (Lipinski definition) is 2. The van der Waals surface area contributed by atoms with Gasteiger partial charge in [-0.2, -0.15) is 11.3 Å². The minimum absolute atomic E-state index is 0.187. The van der Waals surface area contributed by atoms with E-state index in [4.69, 9.17) is 4.42 Å². The molecule has 0 aliphatic carbocycles. The van der Waals surface area contributed by atoms with Crippen LogP contribution in [0.4, 0.5) is 0 Å². The third-order valence-corrected chi connectivity index (χ3v) is 6.32. The number of hydrogen-bond acceptors (Lipinski definition) is 5. The summed E-state index contributed by atoms with van der Waals surface area (Å²) in [6.07, 6.45) is 0. The second-order valence-corrected chi connectivity index (χ2v) is 8.17. The Balaban J connectivity index is 1.44. The molecule has 7 heteroatoms. The Morgan fingerprint density at radius 3 is 2.55 bits per heavy atom. The van der Waals surface area contributed by atoms with Gasteiger partial charge >= 0.3 is 5.91 Å². The number of fused-ring (bicyclic) bond motifs is 1. The van der Waals surface area contributed by atoms with Gasteiger partial charge in [-0.25, -0.2) is 0 Å². The maximum Gasteiger partial charge on any atom is 0.305 e. The van der Waals surface area contributed by atoms with E-state index in [-0.39, 0.29) is 11.7 Å². The number of furan rings is 1. The molecule has 2 aromatic carbocycles. The van der Waals surface area contributed by atoms with Gasteiger partial charge in [0.1, 0.15) is 5.58 Å². The van der Waals surface area contributed by atoms with E-state index < -0.39 is 5.91 Å². The molecule has 5 nitrogen and oxygen atoms in total. The van der Waals surface area contributed by atoms with Crippen LogP contribution in [-0.4, -0.2) is 11.8 Å². The Hall–Kier alpha value is -3.03. The number of thiophene rings is 1. The SMILES string of the molecule is Cc1c(C(=O)NNC(=O)c2ccccc2SCc2ccsc2)oc2ccccc12. The van der Waals surface area contributed by atoms with Crippen LogP contribution in [0.5, 0.6) is 0 Å². The van der Waals surface area contributed by atoms with Crippen molar-refractivity contribution < 1.29 is 14.0 Å². The molecule has 2 heterocycles. The highest BCUT2D eigenvalue weighted by Crippen LogP contribution is 2.27. The van der Waals surface area contributed by atoms with E-state index in [1.807, 2.05) is 42.6 Å². The molecule has 0 fully saturated rings. The van der Waals surface area contributed by atoms with Crippen molar-refractivity contribution >= 4 is 45.9 Å². The summed E-state index contributed by atoms with van der Waals surface area (Å²) in [6.45, 7) is 1.82. The van der Waals surface area contributed by atoms with Crippen LogP contribution >= 0.6 is 23.1 Å². The van der Waals surface area contributed by atoms with Crippen LogP contribution in [0.3, 0.4) is 0 Å². The van der Waals surface area contributed by atoms with Gasteiger partial charge in [0.25, 0.3) is 5.91 Å². The summed E-state index contributed by atoms with van der Waals surface area (Å²) in [4.78, 5) is 26.0. The maximum absolute atomic E-state index is 12.7. The molecule has 29 heavy (non-hydrogen) atoms. The fourth-order valence-electron chi connectivity index (χ4n) is 2.94. The summed E-state index contributed by atoms with van der Waals surface area (Å²) in [7, 11) is 0. The summed E-state index contributed by atoms with van der Waals surface area (Å²) in [5.74, 6) is 0.0980. The Morgan fingerprint density at radius 2 is 1.76 bits per heavy atom. The zero-order valence-electron chi connectivity index (χ0n) is 15.6. The van der Waals surface area contributed by atoms with Gasteiger partial charge in [-0.3, -0.25) is 20.4 Å². The molecule has 0 radical (unpaired) electrons. The first-order chi connectivity index (χ1) is 14.1.